The van der Waals surface area contributed by atoms with Gasteiger partial charge >= 0.3 is 6.18 Å². The lowest BCUT2D eigenvalue weighted by molar-refractivity contribution is -0.167. The van der Waals surface area contributed by atoms with Crippen molar-refractivity contribution in [1.29, 1.82) is 5.26 Å². The first kappa shape index (κ1) is 21.2. The Balaban J connectivity index is 1.60. The Morgan fingerprint density at radius 3 is 2.62 bits per heavy atom. The fourth-order valence-corrected chi connectivity index (χ4v) is 5.22. The monoisotopic (exact) mass is 474 g/mol. The Morgan fingerprint density at radius 1 is 1.15 bits per heavy atom. The van der Waals surface area contributed by atoms with Gasteiger partial charge < -0.3 is 19.3 Å². The van der Waals surface area contributed by atoms with E-state index in [0.29, 0.717) is 30.5 Å². The highest BCUT2D eigenvalue weighted by molar-refractivity contribution is 5.96. The van der Waals surface area contributed by atoms with Crippen molar-refractivity contribution in [3.8, 4) is 11.9 Å². The Labute approximate surface area is 191 Å². The van der Waals surface area contributed by atoms with Crippen molar-refractivity contribution in [2.45, 2.75) is 37.1 Å². The van der Waals surface area contributed by atoms with E-state index in [1.165, 1.54) is 15.8 Å². The molecule has 13 heteroatoms. The maximum atomic E-state index is 14.0. The maximum Gasteiger partial charge on any atom is 0.411 e. The van der Waals surface area contributed by atoms with Gasteiger partial charge in [0.05, 0.1) is 55.8 Å². The number of rotatable bonds is 3. The maximum absolute atomic E-state index is 14.0. The van der Waals surface area contributed by atoms with Crippen LogP contribution in [0.2, 0.25) is 0 Å². The molecule has 0 spiro atoms. The highest BCUT2D eigenvalue weighted by atomic mass is 19.4. The molecule has 3 unspecified atom stereocenters. The van der Waals surface area contributed by atoms with E-state index in [-0.39, 0.29) is 42.0 Å². The van der Waals surface area contributed by atoms with Crippen LogP contribution in [-0.2, 0) is 9.47 Å². The van der Waals surface area contributed by atoms with Crippen molar-refractivity contribution in [2.75, 3.05) is 42.8 Å². The molecule has 3 aromatic rings. The molecule has 0 radical (unpaired) electrons. The summed E-state index contributed by atoms with van der Waals surface area (Å²) in [5.41, 5.74) is 0.571. The van der Waals surface area contributed by atoms with Crippen LogP contribution in [0.5, 0.6) is 0 Å². The van der Waals surface area contributed by atoms with E-state index in [1.54, 1.807) is 12.1 Å². The van der Waals surface area contributed by atoms with Crippen molar-refractivity contribution < 1.29 is 22.6 Å². The number of alkyl halides is 3. The van der Waals surface area contributed by atoms with E-state index in [4.69, 9.17) is 14.5 Å². The SMILES string of the molecule is N#Cc1nn(-c2ccn[nH]2)c2nc(N3C4CCC3COC4)cc(N3CCOCC3C(F)(F)F)c12. The van der Waals surface area contributed by atoms with Crippen molar-refractivity contribution >= 4 is 22.5 Å². The average Bonchev–Trinajstić information content (AvgIpc) is 3.54. The smallest absolute Gasteiger partial charge is 0.377 e. The number of H-pyrrole nitrogens is 1. The third kappa shape index (κ3) is 3.28. The number of hydrogen-bond acceptors (Lipinski definition) is 8. The third-order valence-electron chi connectivity index (χ3n) is 6.74. The lowest BCUT2D eigenvalue weighted by Crippen LogP contribution is -2.53. The molecule has 6 heterocycles. The molecular weight excluding hydrogens is 453 g/mol. The molecule has 0 amide bonds. The summed E-state index contributed by atoms with van der Waals surface area (Å²) in [6.45, 7) is 0.765. The molecule has 3 aliphatic heterocycles. The van der Waals surface area contributed by atoms with Gasteiger partial charge in [-0.05, 0) is 12.8 Å². The molecule has 6 rings (SSSR count). The second-order valence-electron chi connectivity index (χ2n) is 8.67. The van der Waals surface area contributed by atoms with Gasteiger partial charge in [0.25, 0.3) is 0 Å². The minimum atomic E-state index is -4.51. The topological polar surface area (TPSA) is 108 Å². The number of nitrogens with one attached hydrogen (secondary N) is 1. The van der Waals surface area contributed by atoms with Gasteiger partial charge in [0.1, 0.15) is 17.9 Å². The normalized spacial score (nSPS) is 25.2. The third-order valence-corrected chi connectivity index (χ3v) is 6.74. The summed E-state index contributed by atoms with van der Waals surface area (Å²) in [5, 5.41) is 21.2. The van der Waals surface area contributed by atoms with Gasteiger partial charge in [0, 0.05) is 18.7 Å². The predicted molar refractivity (Wildman–Crippen MR) is 114 cm³/mol. The molecule has 10 nitrogen and oxygen atoms in total. The Morgan fingerprint density at radius 2 is 1.94 bits per heavy atom. The number of morpholine rings is 2. The second-order valence-corrected chi connectivity index (χ2v) is 8.67. The van der Waals surface area contributed by atoms with Crippen LogP contribution >= 0.6 is 0 Å². The highest BCUT2D eigenvalue weighted by Gasteiger charge is 2.47. The van der Waals surface area contributed by atoms with E-state index in [9.17, 15) is 18.4 Å². The van der Waals surface area contributed by atoms with E-state index in [0.717, 1.165) is 12.8 Å². The molecule has 3 saturated heterocycles. The van der Waals surface area contributed by atoms with Gasteiger partial charge in [-0.25, -0.2) is 4.98 Å². The van der Waals surface area contributed by atoms with Crippen LogP contribution in [0.3, 0.4) is 0 Å². The summed E-state index contributed by atoms with van der Waals surface area (Å²) in [5.74, 6) is 1.01. The number of nitriles is 1. The zero-order valence-electron chi connectivity index (χ0n) is 18.0. The van der Waals surface area contributed by atoms with Gasteiger partial charge in [-0.15, -0.1) is 0 Å². The number of pyridine rings is 1. The van der Waals surface area contributed by atoms with Crippen molar-refractivity contribution in [3.05, 3.63) is 24.0 Å². The lowest BCUT2D eigenvalue weighted by Gasteiger charge is -2.40. The van der Waals surface area contributed by atoms with Gasteiger partial charge in [0.15, 0.2) is 17.2 Å². The molecule has 1 N–H and O–H groups in total. The van der Waals surface area contributed by atoms with Gasteiger partial charge in [-0.1, -0.05) is 0 Å². The van der Waals surface area contributed by atoms with Gasteiger partial charge in [-0.2, -0.15) is 33.3 Å². The zero-order chi connectivity index (χ0) is 23.4. The Bertz CT molecular complexity index is 1240. The molecule has 3 aliphatic rings. The fraction of sp³-hybridized carbons (Fsp3) is 0.524. The average molecular weight is 474 g/mol. The minimum Gasteiger partial charge on any atom is -0.377 e. The van der Waals surface area contributed by atoms with E-state index in [1.807, 2.05) is 6.07 Å². The molecule has 178 valence electrons. The second kappa shape index (κ2) is 7.85. The van der Waals surface area contributed by atoms with Crippen molar-refractivity contribution in [2.24, 2.45) is 0 Å². The predicted octanol–water partition coefficient (Wildman–Crippen LogP) is 2.15. The number of hydrogen-bond donors (Lipinski definition) is 1. The number of halogens is 3. The van der Waals surface area contributed by atoms with Crippen LogP contribution in [0.25, 0.3) is 16.9 Å². The fourth-order valence-electron chi connectivity index (χ4n) is 5.22. The molecule has 3 aromatic heterocycles. The van der Waals surface area contributed by atoms with Crippen molar-refractivity contribution in [3.63, 3.8) is 0 Å². The van der Waals surface area contributed by atoms with Gasteiger partial charge in [-0.3, -0.25) is 5.10 Å². The molecule has 0 aliphatic carbocycles. The van der Waals surface area contributed by atoms with Gasteiger partial charge in [0.2, 0.25) is 0 Å². The molecule has 34 heavy (non-hydrogen) atoms. The largest absolute Gasteiger partial charge is 0.411 e. The summed E-state index contributed by atoms with van der Waals surface area (Å²) < 4.78 is 54.3. The van der Waals surface area contributed by atoms with E-state index < -0.39 is 18.8 Å². The summed E-state index contributed by atoms with van der Waals surface area (Å²) in [6.07, 6.45) is -1.14. The zero-order valence-corrected chi connectivity index (χ0v) is 18.0. The first-order valence-corrected chi connectivity index (χ1v) is 11.1. The van der Waals surface area contributed by atoms with Crippen LogP contribution in [0, 0.1) is 11.3 Å². The number of aromatic nitrogens is 5. The molecule has 3 fully saturated rings. The van der Waals surface area contributed by atoms with Crippen LogP contribution in [0.4, 0.5) is 24.7 Å². The number of aromatic amines is 1. The van der Waals surface area contributed by atoms with Crippen LogP contribution in [0.1, 0.15) is 18.5 Å². The Hall–Kier alpha value is -3.37. The lowest BCUT2D eigenvalue weighted by atomic mass is 10.1. The number of fused-ring (bicyclic) bond motifs is 3. The molecular formula is C21H21F3N8O2. The minimum absolute atomic E-state index is 0.00369. The highest BCUT2D eigenvalue weighted by Crippen LogP contribution is 2.41. The summed E-state index contributed by atoms with van der Waals surface area (Å²) in [4.78, 5) is 8.26. The van der Waals surface area contributed by atoms with Crippen molar-refractivity contribution in [1.82, 2.24) is 25.0 Å². The first-order chi connectivity index (χ1) is 16.5. The van der Waals surface area contributed by atoms with Crippen LogP contribution in [0.15, 0.2) is 18.3 Å². The number of nitrogens with zero attached hydrogens (tertiary/aromatic N) is 7. The molecule has 0 aromatic carbocycles. The number of ether oxygens (including phenoxy) is 2. The number of anilines is 2. The molecule has 0 saturated carbocycles. The molecule has 2 bridgehead atoms. The quantitative estimate of drug-likeness (QED) is 0.615. The molecule has 3 atom stereocenters. The standard InChI is InChI=1S/C21H21F3N8O2/c22-21(23,24)16-11-33-6-5-30(16)15-7-18(31-12-1-2-13(31)10-34-9-12)27-20-19(15)14(8-25)29-32(20)17-3-4-26-28-17/h3-4,7,12-13,16H,1-2,5-6,9-11H2,(H,26,28). The summed E-state index contributed by atoms with van der Waals surface area (Å²) in [7, 11) is 0. The first-order valence-electron chi connectivity index (χ1n) is 11.1. The summed E-state index contributed by atoms with van der Waals surface area (Å²) in [6, 6.07) is 3.71. The van der Waals surface area contributed by atoms with E-state index >= 15 is 0 Å². The Kier molecular flexibility index (Phi) is 4.89. The van der Waals surface area contributed by atoms with Crippen LogP contribution < -0.4 is 9.80 Å². The van der Waals surface area contributed by atoms with E-state index in [2.05, 4.69) is 20.2 Å². The van der Waals surface area contributed by atoms with Crippen LogP contribution in [-0.4, -0.2) is 82.2 Å². The summed E-state index contributed by atoms with van der Waals surface area (Å²) >= 11 is 0.